The SMILES string of the molecule is CCC(NC(=O)c1cc(F)ccc1F)c1ccc(OC)cc1. The highest BCUT2D eigenvalue weighted by molar-refractivity contribution is 5.94. The fourth-order valence-corrected chi connectivity index (χ4v) is 2.16. The Labute approximate surface area is 127 Å². The standard InChI is InChI=1S/C17H17F2NO2/c1-3-16(11-4-7-13(22-2)8-5-11)20-17(21)14-10-12(18)6-9-15(14)19/h4-10,16H,3H2,1-2H3,(H,20,21). The van der Waals surface area contributed by atoms with E-state index in [1.165, 1.54) is 0 Å². The van der Waals surface area contributed by atoms with Crippen molar-refractivity contribution >= 4 is 5.91 Å². The Hall–Kier alpha value is -2.43. The number of halogens is 2. The Balaban J connectivity index is 2.18. The third-order valence-electron chi connectivity index (χ3n) is 3.40. The van der Waals surface area contributed by atoms with Gasteiger partial charge in [-0.15, -0.1) is 0 Å². The molecule has 0 bridgehead atoms. The largest absolute Gasteiger partial charge is 0.497 e. The molecule has 2 rings (SSSR count). The minimum atomic E-state index is -0.747. The maximum Gasteiger partial charge on any atom is 0.254 e. The maximum absolute atomic E-state index is 13.6. The average molecular weight is 305 g/mol. The molecule has 1 unspecified atom stereocenters. The van der Waals surface area contributed by atoms with Gasteiger partial charge in [0.15, 0.2) is 0 Å². The number of hydrogen-bond donors (Lipinski definition) is 1. The van der Waals surface area contributed by atoms with Gasteiger partial charge in [0.05, 0.1) is 18.7 Å². The third kappa shape index (κ3) is 3.61. The molecule has 0 aliphatic rings. The zero-order chi connectivity index (χ0) is 16.1. The van der Waals surface area contributed by atoms with Crippen molar-refractivity contribution in [2.24, 2.45) is 0 Å². The lowest BCUT2D eigenvalue weighted by atomic mass is 10.0. The first kappa shape index (κ1) is 15.9. The number of nitrogens with one attached hydrogen (secondary N) is 1. The predicted molar refractivity (Wildman–Crippen MR) is 79.9 cm³/mol. The van der Waals surface area contributed by atoms with E-state index < -0.39 is 17.5 Å². The van der Waals surface area contributed by atoms with Crippen molar-refractivity contribution in [3.05, 3.63) is 65.2 Å². The zero-order valence-corrected chi connectivity index (χ0v) is 12.4. The van der Waals surface area contributed by atoms with Crippen LogP contribution in [0.15, 0.2) is 42.5 Å². The number of carbonyl (C=O) groups excluding carboxylic acids is 1. The Kier molecular flexibility index (Phi) is 5.09. The zero-order valence-electron chi connectivity index (χ0n) is 12.4. The van der Waals surface area contributed by atoms with E-state index in [1.807, 2.05) is 19.1 Å². The van der Waals surface area contributed by atoms with Gasteiger partial charge in [-0.25, -0.2) is 8.78 Å². The molecule has 0 aromatic heterocycles. The van der Waals surface area contributed by atoms with Crippen LogP contribution in [-0.4, -0.2) is 13.0 Å². The van der Waals surface area contributed by atoms with Crippen molar-refractivity contribution in [3.63, 3.8) is 0 Å². The summed E-state index contributed by atoms with van der Waals surface area (Å²) < 4.78 is 31.9. The fraction of sp³-hybridized carbons (Fsp3) is 0.235. The summed E-state index contributed by atoms with van der Waals surface area (Å²) >= 11 is 0. The number of ether oxygens (including phenoxy) is 1. The van der Waals surface area contributed by atoms with Gasteiger partial charge in [0.1, 0.15) is 17.4 Å². The quantitative estimate of drug-likeness (QED) is 0.911. The van der Waals surface area contributed by atoms with Crippen LogP contribution in [0.25, 0.3) is 0 Å². The first-order valence-corrected chi connectivity index (χ1v) is 6.95. The van der Waals surface area contributed by atoms with Crippen LogP contribution in [0.1, 0.15) is 35.3 Å². The van der Waals surface area contributed by atoms with Gasteiger partial charge < -0.3 is 10.1 Å². The highest BCUT2D eigenvalue weighted by Gasteiger charge is 2.17. The summed E-state index contributed by atoms with van der Waals surface area (Å²) in [7, 11) is 1.57. The van der Waals surface area contributed by atoms with Gasteiger partial charge in [0.2, 0.25) is 0 Å². The molecule has 1 atom stereocenters. The van der Waals surface area contributed by atoms with E-state index in [0.717, 1.165) is 23.8 Å². The molecule has 1 N–H and O–H groups in total. The molecule has 2 aromatic rings. The number of carbonyl (C=O) groups is 1. The summed E-state index contributed by atoms with van der Waals surface area (Å²) in [5.74, 6) is -1.33. The third-order valence-corrected chi connectivity index (χ3v) is 3.40. The lowest BCUT2D eigenvalue weighted by Crippen LogP contribution is -2.29. The predicted octanol–water partition coefficient (Wildman–Crippen LogP) is 3.85. The second-order valence-corrected chi connectivity index (χ2v) is 4.83. The molecule has 0 fully saturated rings. The van der Waals surface area contributed by atoms with Gasteiger partial charge in [-0.1, -0.05) is 19.1 Å². The van der Waals surface area contributed by atoms with Gasteiger partial charge in [-0.05, 0) is 42.3 Å². The number of benzene rings is 2. The van der Waals surface area contributed by atoms with E-state index in [9.17, 15) is 13.6 Å². The average Bonchev–Trinajstić information content (AvgIpc) is 2.54. The van der Waals surface area contributed by atoms with Crippen molar-refractivity contribution in [1.82, 2.24) is 5.32 Å². The van der Waals surface area contributed by atoms with Gasteiger partial charge in [-0.3, -0.25) is 4.79 Å². The summed E-state index contributed by atoms with van der Waals surface area (Å²) in [6.45, 7) is 1.90. The minimum Gasteiger partial charge on any atom is -0.497 e. The molecule has 0 radical (unpaired) electrons. The highest BCUT2D eigenvalue weighted by atomic mass is 19.1. The van der Waals surface area contributed by atoms with E-state index in [0.29, 0.717) is 12.2 Å². The molecule has 22 heavy (non-hydrogen) atoms. The van der Waals surface area contributed by atoms with Crippen molar-refractivity contribution in [3.8, 4) is 5.75 Å². The number of hydrogen-bond acceptors (Lipinski definition) is 2. The summed E-state index contributed by atoms with van der Waals surface area (Å²) in [5, 5.41) is 2.72. The lowest BCUT2D eigenvalue weighted by Gasteiger charge is -2.18. The Morgan fingerprint density at radius 2 is 1.86 bits per heavy atom. The first-order chi connectivity index (χ1) is 10.5. The molecular formula is C17H17F2NO2. The van der Waals surface area contributed by atoms with Crippen LogP contribution in [-0.2, 0) is 0 Å². The van der Waals surface area contributed by atoms with Gasteiger partial charge in [-0.2, -0.15) is 0 Å². The summed E-state index contributed by atoms with van der Waals surface area (Å²) in [4.78, 5) is 12.1. The van der Waals surface area contributed by atoms with Gasteiger partial charge in [0.25, 0.3) is 5.91 Å². The second kappa shape index (κ2) is 7.02. The molecule has 1 amide bonds. The van der Waals surface area contributed by atoms with E-state index >= 15 is 0 Å². The lowest BCUT2D eigenvalue weighted by molar-refractivity contribution is 0.0931. The molecule has 0 heterocycles. The Morgan fingerprint density at radius 3 is 2.45 bits per heavy atom. The Morgan fingerprint density at radius 1 is 1.18 bits per heavy atom. The number of methoxy groups -OCH3 is 1. The molecule has 2 aromatic carbocycles. The molecule has 3 nitrogen and oxygen atoms in total. The van der Waals surface area contributed by atoms with Crippen LogP contribution in [0.4, 0.5) is 8.78 Å². The molecule has 0 spiro atoms. The van der Waals surface area contributed by atoms with Crippen molar-refractivity contribution in [2.45, 2.75) is 19.4 Å². The molecule has 0 saturated heterocycles. The van der Waals surface area contributed by atoms with Crippen molar-refractivity contribution in [2.75, 3.05) is 7.11 Å². The van der Waals surface area contributed by atoms with Crippen molar-refractivity contribution in [1.29, 1.82) is 0 Å². The summed E-state index contributed by atoms with van der Waals surface area (Å²) in [6, 6.07) is 9.75. The first-order valence-electron chi connectivity index (χ1n) is 6.95. The van der Waals surface area contributed by atoms with Crippen LogP contribution in [0.3, 0.4) is 0 Å². The van der Waals surface area contributed by atoms with E-state index in [4.69, 9.17) is 4.74 Å². The summed E-state index contributed by atoms with van der Waals surface area (Å²) in [5.41, 5.74) is 0.570. The van der Waals surface area contributed by atoms with Gasteiger partial charge in [0, 0.05) is 0 Å². The topological polar surface area (TPSA) is 38.3 Å². The molecular weight excluding hydrogens is 288 g/mol. The smallest absolute Gasteiger partial charge is 0.254 e. The minimum absolute atomic E-state index is 0.291. The van der Waals surface area contributed by atoms with E-state index in [2.05, 4.69) is 5.32 Å². The van der Waals surface area contributed by atoms with Crippen LogP contribution in [0.5, 0.6) is 5.75 Å². The van der Waals surface area contributed by atoms with Crippen molar-refractivity contribution < 1.29 is 18.3 Å². The van der Waals surface area contributed by atoms with Crippen LogP contribution in [0.2, 0.25) is 0 Å². The Bertz CT molecular complexity index is 656. The molecule has 0 saturated carbocycles. The second-order valence-electron chi connectivity index (χ2n) is 4.83. The number of amides is 1. The van der Waals surface area contributed by atoms with Crippen LogP contribution < -0.4 is 10.1 Å². The molecule has 5 heteroatoms. The number of rotatable bonds is 5. The molecule has 116 valence electrons. The molecule has 0 aliphatic heterocycles. The summed E-state index contributed by atoms with van der Waals surface area (Å²) in [6.07, 6.45) is 0.620. The fourth-order valence-electron chi connectivity index (χ4n) is 2.16. The highest BCUT2D eigenvalue weighted by Crippen LogP contribution is 2.21. The normalized spacial score (nSPS) is 11.8. The van der Waals surface area contributed by atoms with E-state index in [1.54, 1.807) is 19.2 Å². The van der Waals surface area contributed by atoms with Crippen LogP contribution in [0, 0.1) is 11.6 Å². The van der Waals surface area contributed by atoms with E-state index in [-0.39, 0.29) is 11.6 Å². The van der Waals surface area contributed by atoms with Gasteiger partial charge >= 0.3 is 0 Å². The van der Waals surface area contributed by atoms with Crippen LogP contribution >= 0.6 is 0 Å². The molecule has 0 aliphatic carbocycles. The monoisotopic (exact) mass is 305 g/mol. The maximum atomic E-state index is 13.6.